The van der Waals surface area contributed by atoms with Crippen LogP contribution in [0.1, 0.15) is 16.7 Å². The van der Waals surface area contributed by atoms with Gasteiger partial charge in [-0.3, -0.25) is 0 Å². The van der Waals surface area contributed by atoms with E-state index in [1.807, 2.05) is 4.90 Å². The van der Waals surface area contributed by atoms with E-state index in [0.717, 1.165) is 12.1 Å². The summed E-state index contributed by atoms with van der Waals surface area (Å²) in [6, 6.07) is 1.72. The van der Waals surface area contributed by atoms with Crippen LogP contribution in [-0.4, -0.2) is 51.0 Å². The summed E-state index contributed by atoms with van der Waals surface area (Å²) in [5, 5.41) is 14.7. The van der Waals surface area contributed by atoms with Crippen molar-refractivity contribution in [3.8, 4) is 17.0 Å². The summed E-state index contributed by atoms with van der Waals surface area (Å²) in [7, 11) is 0. The highest BCUT2D eigenvalue weighted by Gasteiger charge is 2.32. The Kier molecular flexibility index (Phi) is 4.37. The Balaban J connectivity index is 1.80. The average molecular weight is 393 g/mol. The zero-order valence-corrected chi connectivity index (χ0v) is 15.3. The van der Waals surface area contributed by atoms with Crippen molar-refractivity contribution in [2.45, 2.75) is 20.0 Å². The molecular weight excluding hydrogens is 375 g/mol. The minimum absolute atomic E-state index is 0.254. The van der Waals surface area contributed by atoms with Crippen molar-refractivity contribution in [2.24, 2.45) is 0 Å². The molecule has 3 heterocycles. The van der Waals surface area contributed by atoms with E-state index < -0.39 is 17.5 Å². The number of fused-ring (bicyclic) bond motifs is 1. The standard InChI is InChI=1S/C18H18F3N5O2/c1-10-7-12(18(19,20)21)8-13(27)14(10)15-11(2)9-26-16(22-15)23-17(24-26)25-3-5-28-6-4-25/h7-9,27H,3-6H2,1-2H3. The van der Waals surface area contributed by atoms with Crippen molar-refractivity contribution in [3.63, 3.8) is 0 Å². The van der Waals surface area contributed by atoms with Gasteiger partial charge in [0.15, 0.2) is 0 Å². The van der Waals surface area contributed by atoms with E-state index in [4.69, 9.17) is 4.74 Å². The van der Waals surface area contributed by atoms with E-state index in [-0.39, 0.29) is 11.1 Å². The van der Waals surface area contributed by atoms with Crippen LogP contribution in [0.15, 0.2) is 18.3 Å². The molecule has 0 amide bonds. The molecule has 1 aliphatic rings. The Bertz CT molecular complexity index is 1020. The van der Waals surface area contributed by atoms with Gasteiger partial charge in [0.1, 0.15) is 5.75 Å². The molecule has 3 aromatic rings. The fourth-order valence-electron chi connectivity index (χ4n) is 3.29. The Labute approximate surface area is 158 Å². The number of benzene rings is 1. The predicted octanol–water partition coefficient (Wildman–Crippen LogP) is 2.97. The second-order valence-corrected chi connectivity index (χ2v) is 6.71. The lowest BCUT2D eigenvalue weighted by Gasteiger charge is -2.25. The number of hydrogen-bond donors (Lipinski definition) is 1. The van der Waals surface area contributed by atoms with Crippen LogP contribution in [-0.2, 0) is 10.9 Å². The number of anilines is 1. The fraction of sp³-hybridized carbons (Fsp3) is 0.389. The third kappa shape index (κ3) is 3.24. The number of rotatable bonds is 2. The first-order valence-electron chi connectivity index (χ1n) is 8.72. The average Bonchev–Trinajstić information content (AvgIpc) is 3.04. The molecule has 1 saturated heterocycles. The van der Waals surface area contributed by atoms with Gasteiger partial charge < -0.3 is 14.7 Å². The summed E-state index contributed by atoms with van der Waals surface area (Å²) in [6.07, 6.45) is -2.83. The molecule has 4 rings (SSSR count). The maximum absolute atomic E-state index is 13.0. The van der Waals surface area contributed by atoms with Gasteiger partial charge in [-0.05, 0) is 37.1 Å². The maximum Gasteiger partial charge on any atom is 0.416 e. The van der Waals surface area contributed by atoms with E-state index in [1.165, 1.54) is 11.4 Å². The molecule has 0 bridgehead atoms. The largest absolute Gasteiger partial charge is 0.507 e. The molecule has 2 aromatic heterocycles. The van der Waals surface area contributed by atoms with Crippen LogP contribution in [0.2, 0.25) is 0 Å². The van der Waals surface area contributed by atoms with Crippen molar-refractivity contribution in [2.75, 3.05) is 31.2 Å². The number of aryl methyl sites for hydroxylation is 2. The summed E-state index contributed by atoms with van der Waals surface area (Å²) in [5.74, 6) is 0.349. The number of morpholine rings is 1. The quantitative estimate of drug-likeness (QED) is 0.722. The summed E-state index contributed by atoms with van der Waals surface area (Å²) >= 11 is 0. The zero-order chi connectivity index (χ0) is 20.1. The highest BCUT2D eigenvalue weighted by molar-refractivity contribution is 5.74. The Hall–Kier alpha value is -2.88. The van der Waals surface area contributed by atoms with Crippen molar-refractivity contribution in [1.82, 2.24) is 19.6 Å². The third-order valence-electron chi connectivity index (χ3n) is 4.68. The van der Waals surface area contributed by atoms with Crippen LogP contribution in [0.5, 0.6) is 5.75 Å². The van der Waals surface area contributed by atoms with E-state index >= 15 is 0 Å². The lowest BCUT2D eigenvalue weighted by atomic mass is 9.98. The van der Waals surface area contributed by atoms with Crippen LogP contribution in [0.25, 0.3) is 17.0 Å². The zero-order valence-electron chi connectivity index (χ0n) is 15.3. The van der Waals surface area contributed by atoms with Gasteiger partial charge in [-0.15, -0.1) is 5.10 Å². The number of aromatic hydroxyl groups is 1. The lowest BCUT2D eigenvalue weighted by Crippen LogP contribution is -2.36. The van der Waals surface area contributed by atoms with Crippen molar-refractivity contribution < 1.29 is 23.0 Å². The van der Waals surface area contributed by atoms with Crippen LogP contribution < -0.4 is 4.90 Å². The molecule has 0 saturated carbocycles. The summed E-state index contributed by atoms with van der Waals surface area (Å²) < 4.78 is 45.8. The highest BCUT2D eigenvalue weighted by atomic mass is 19.4. The molecule has 28 heavy (non-hydrogen) atoms. The number of phenolic OH excluding ortho intramolecular Hbond substituents is 1. The predicted molar refractivity (Wildman–Crippen MR) is 95.4 cm³/mol. The molecule has 0 atom stereocenters. The first kappa shape index (κ1) is 18.5. The SMILES string of the molecule is Cc1cn2nc(N3CCOCC3)nc2nc1-c1c(C)cc(C(F)(F)F)cc1O. The number of phenols is 1. The van der Waals surface area contributed by atoms with E-state index in [0.29, 0.717) is 49.3 Å². The molecule has 7 nitrogen and oxygen atoms in total. The molecule has 1 aromatic carbocycles. The first-order valence-corrected chi connectivity index (χ1v) is 8.72. The van der Waals surface area contributed by atoms with Crippen molar-refractivity contribution in [1.29, 1.82) is 0 Å². The smallest absolute Gasteiger partial charge is 0.416 e. The van der Waals surface area contributed by atoms with Crippen LogP contribution in [0.3, 0.4) is 0 Å². The molecule has 1 aliphatic heterocycles. The first-order chi connectivity index (χ1) is 13.2. The maximum atomic E-state index is 13.0. The second kappa shape index (κ2) is 6.62. The number of halogens is 3. The van der Waals surface area contributed by atoms with Crippen molar-refractivity contribution in [3.05, 3.63) is 35.0 Å². The second-order valence-electron chi connectivity index (χ2n) is 6.71. The van der Waals surface area contributed by atoms with Gasteiger partial charge in [-0.25, -0.2) is 9.50 Å². The highest BCUT2D eigenvalue weighted by Crippen LogP contribution is 2.39. The Morgan fingerprint density at radius 3 is 2.43 bits per heavy atom. The number of aromatic nitrogens is 4. The molecule has 10 heteroatoms. The Morgan fingerprint density at radius 1 is 1.07 bits per heavy atom. The van der Waals surface area contributed by atoms with Crippen molar-refractivity contribution >= 4 is 11.7 Å². The number of nitrogens with zero attached hydrogens (tertiary/aromatic N) is 5. The van der Waals surface area contributed by atoms with Gasteiger partial charge in [0.05, 0.1) is 24.5 Å². The Morgan fingerprint density at radius 2 is 1.79 bits per heavy atom. The minimum Gasteiger partial charge on any atom is -0.507 e. The van der Waals surface area contributed by atoms with Crippen LogP contribution >= 0.6 is 0 Å². The van der Waals surface area contributed by atoms with E-state index in [2.05, 4.69) is 15.1 Å². The summed E-state index contributed by atoms with van der Waals surface area (Å²) in [4.78, 5) is 10.9. The number of hydrogen-bond acceptors (Lipinski definition) is 6. The van der Waals surface area contributed by atoms with Gasteiger partial charge in [0.2, 0.25) is 5.95 Å². The minimum atomic E-state index is -4.53. The van der Waals surface area contributed by atoms with Gasteiger partial charge in [0, 0.05) is 24.8 Å². The van der Waals surface area contributed by atoms with Crippen LogP contribution in [0, 0.1) is 13.8 Å². The lowest BCUT2D eigenvalue weighted by molar-refractivity contribution is -0.137. The summed E-state index contributed by atoms with van der Waals surface area (Å²) in [5.41, 5.74) is 0.660. The fourth-order valence-corrected chi connectivity index (χ4v) is 3.29. The molecule has 0 radical (unpaired) electrons. The van der Waals surface area contributed by atoms with Gasteiger partial charge >= 0.3 is 6.18 Å². The molecule has 0 aliphatic carbocycles. The molecule has 1 fully saturated rings. The summed E-state index contributed by atoms with van der Waals surface area (Å²) in [6.45, 7) is 5.79. The van der Waals surface area contributed by atoms with E-state index in [1.54, 1.807) is 13.1 Å². The van der Waals surface area contributed by atoms with Gasteiger partial charge in [0.25, 0.3) is 5.78 Å². The molecule has 0 unspecified atom stereocenters. The van der Waals surface area contributed by atoms with Gasteiger partial charge in [-0.2, -0.15) is 18.2 Å². The number of ether oxygens (including phenoxy) is 1. The molecule has 0 spiro atoms. The van der Waals surface area contributed by atoms with E-state index in [9.17, 15) is 18.3 Å². The monoisotopic (exact) mass is 393 g/mol. The third-order valence-corrected chi connectivity index (χ3v) is 4.68. The van der Waals surface area contributed by atoms with Gasteiger partial charge in [-0.1, -0.05) is 0 Å². The van der Waals surface area contributed by atoms with Crippen LogP contribution in [0.4, 0.5) is 19.1 Å². The molecule has 148 valence electrons. The number of alkyl halides is 3. The molecular formula is C18H18F3N5O2. The molecule has 1 N–H and O–H groups in total. The topological polar surface area (TPSA) is 75.8 Å². The normalized spacial score (nSPS) is 15.4.